The van der Waals surface area contributed by atoms with E-state index >= 15 is 0 Å². The van der Waals surface area contributed by atoms with E-state index in [0.29, 0.717) is 33.8 Å². The summed E-state index contributed by atoms with van der Waals surface area (Å²) in [5, 5.41) is 3.50. The monoisotopic (exact) mass is 372 g/mol. The number of rotatable bonds is 5. The van der Waals surface area contributed by atoms with Crippen LogP contribution in [0, 0.1) is 0 Å². The van der Waals surface area contributed by atoms with E-state index in [1.165, 1.54) is 12.1 Å². The number of carbonyl (C=O) groups excluding carboxylic acids is 1. The predicted molar refractivity (Wildman–Crippen MR) is 99.4 cm³/mol. The fraction of sp³-hybridized carbons (Fsp3) is 0.0526. The maximum atomic E-state index is 12.4. The average molecular weight is 373 g/mol. The topological polar surface area (TPSA) is 51.2 Å². The Balaban J connectivity index is 1.75. The van der Waals surface area contributed by atoms with Gasteiger partial charge in [0.2, 0.25) is 0 Å². The van der Waals surface area contributed by atoms with Crippen LogP contribution in [0.3, 0.4) is 0 Å². The number of hydrogen-bond acceptors (Lipinski definition) is 3. The first-order chi connectivity index (χ1) is 12.1. The van der Waals surface area contributed by atoms with Crippen molar-refractivity contribution in [3.8, 4) is 5.75 Å². The largest absolute Gasteiger partial charge is 0.485 e. The van der Waals surface area contributed by atoms with Gasteiger partial charge in [0.05, 0.1) is 0 Å². The number of carbonyl (C=O) groups is 1. The highest BCUT2D eigenvalue weighted by molar-refractivity contribution is 6.35. The Morgan fingerprint density at radius 2 is 1.72 bits per heavy atom. The predicted octanol–water partition coefficient (Wildman–Crippen LogP) is 5.22. The lowest BCUT2D eigenvalue weighted by molar-refractivity contribution is 0.102. The molecule has 1 heterocycles. The standard InChI is InChI=1S/C19H14Cl2N2O2/c20-15-9-14(10-16(21)11-15)19(24)23-18-17(7-4-8-22-18)25-12-13-5-2-1-3-6-13/h1-11H,12H2,(H,22,23,24). The molecule has 0 aliphatic heterocycles. The van der Waals surface area contributed by atoms with E-state index in [1.54, 1.807) is 24.4 Å². The van der Waals surface area contributed by atoms with Gasteiger partial charge in [0.1, 0.15) is 6.61 Å². The molecule has 1 amide bonds. The second-order valence-corrected chi connectivity index (χ2v) is 6.11. The summed E-state index contributed by atoms with van der Waals surface area (Å²) in [7, 11) is 0. The average Bonchev–Trinajstić information content (AvgIpc) is 2.61. The molecule has 0 unspecified atom stereocenters. The Hall–Kier alpha value is -2.56. The number of pyridine rings is 1. The summed E-state index contributed by atoms with van der Waals surface area (Å²) in [5.41, 5.74) is 1.36. The molecule has 0 radical (unpaired) electrons. The summed E-state index contributed by atoms with van der Waals surface area (Å²) in [4.78, 5) is 16.6. The van der Waals surface area contributed by atoms with Gasteiger partial charge in [0, 0.05) is 21.8 Å². The summed E-state index contributed by atoms with van der Waals surface area (Å²) < 4.78 is 5.78. The van der Waals surface area contributed by atoms with Gasteiger partial charge in [-0.3, -0.25) is 4.79 Å². The third-order valence-electron chi connectivity index (χ3n) is 3.36. The minimum absolute atomic E-state index is 0.333. The third-order valence-corrected chi connectivity index (χ3v) is 3.80. The molecule has 0 saturated carbocycles. The van der Waals surface area contributed by atoms with Crippen molar-refractivity contribution in [3.63, 3.8) is 0 Å². The van der Waals surface area contributed by atoms with Gasteiger partial charge in [-0.05, 0) is 35.9 Å². The number of nitrogens with one attached hydrogen (secondary N) is 1. The molecule has 3 aromatic rings. The van der Waals surface area contributed by atoms with Crippen LogP contribution in [0.15, 0.2) is 66.9 Å². The molecule has 126 valence electrons. The van der Waals surface area contributed by atoms with Gasteiger partial charge < -0.3 is 10.1 Å². The first kappa shape index (κ1) is 17.3. The molecule has 0 aliphatic carbocycles. The minimum Gasteiger partial charge on any atom is -0.485 e. The molecule has 4 nitrogen and oxygen atoms in total. The Bertz CT molecular complexity index is 865. The number of amides is 1. The van der Waals surface area contributed by atoms with Crippen molar-refractivity contribution >= 4 is 34.9 Å². The molecule has 0 saturated heterocycles. The lowest BCUT2D eigenvalue weighted by Gasteiger charge is -2.12. The Labute approximate surface area is 155 Å². The number of hydrogen-bond donors (Lipinski definition) is 1. The van der Waals surface area contributed by atoms with Gasteiger partial charge in [-0.1, -0.05) is 53.5 Å². The summed E-state index contributed by atoms with van der Waals surface area (Å²) >= 11 is 11.9. The van der Waals surface area contributed by atoms with E-state index in [-0.39, 0.29) is 5.91 Å². The van der Waals surface area contributed by atoms with E-state index in [4.69, 9.17) is 27.9 Å². The van der Waals surface area contributed by atoms with Gasteiger partial charge in [0.15, 0.2) is 11.6 Å². The van der Waals surface area contributed by atoms with Crippen molar-refractivity contribution < 1.29 is 9.53 Å². The van der Waals surface area contributed by atoms with Crippen LogP contribution in [0.4, 0.5) is 5.82 Å². The van der Waals surface area contributed by atoms with Gasteiger partial charge in [-0.2, -0.15) is 0 Å². The highest BCUT2D eigenvalue weighted by Crippen LogP contribution is 2.24. The molecule has 0 spiro atoms. The molecule has 0 aliphatic rings. The molecule has 0 atom stereocenters. The number of ether oxygens (including phenoxy) is 1. The minimum atomic E-state index is -0.368. The van der Waals surface area contributed by atoms with Crippen LogP contribution in [-0.4, -0.2) is 10.9 Å². The molecular weight excluding hydrogens is 359 g/mol. The maximum absolute atomic E-state index is 12.4. The quantitative estimate of drug-likeness (QED) is 0.667. The van der Waals surface area contributed by atoms with Gasteiger partial charge in [-0.15, -0.1) is 0 Å². The second kappa shape index (κ2) is 8.01. The highest BCUT2D eigenvalue weighted by atomic mass is 35.5. The lowest BCUT2D eigenvalue weighted by Crippen LogP contribution is -2.14. The number of nitrogens with zero attached hydrogens (tertiary/aromatic N) is 1. The number of aromatic nitrogens is 1. The van der Waals surface area contributed by atoms with Crippen LogP contribution < -0.4 is 10.1 Å². The number of halogens is 2. The maximum Gasteiger partial charge on any atom is 0.257 e. The second-order valence-electron chi connectivity index (χ2n) is 5.24. The van der Waals surface area contributed by atoms with Crippen LogP contribution in [0.1, 0.15) is 15.9 Å². The molecule has 1 N–H and O–H groups in total. The molecule has 25 heavy (non-hydrogen) atoms. The van der Waals surface area contributed by atoms with Crippen molar-refractivity contribution in [3.05, 3.63) is 88.0 Å². The zero-order chi connectivity index (χ0) is 17.6. The highest BCUT2D eigenvalue weighted by Gasteiger charge is 2.12. The Kier molecular flexibility index (Phi) is 5.53. The molecule has 6 heteroatoms. The van der Waals surface area contributed by atoms with E-state index in [0.717, 1.165) is 5.56 Å². The van der Waals surface area contributed by atoms with E-state index in [1.807, 2.05) is 30.3 Å². The summed E-state index contributed by atoms with van der Waals surface area (Å²) in [6.07, 6.45) is 1.58. The number of benzene rings is 2. The van der Waals surface area contributed by atoms with Crippen LogP contribution in [-0.2, 0) is 6.61 Å². The first-order valence-corrected chi connectivity index (χ1v) is 8.26. The fourth-order valence-electron chi connectivity index (χ4n) is 2.20. The SMILES string of the molecule is O=C(Nc1ncccc1OCc1ccccc1)c1cc(Cl)cc(Cl)c1. The van der Waals surface area contributed by atoms with Crippen molar-refractivity contribution in [1.82, 2.24) is 4.98 Å². The van der Waals surface area contributed by atoms with Gasteiger partial charge in [0.25, 0.3) is 5.91 Å². The molecule has 0 fully saturated rings. The molecule has 0 bridgehead atoms. The molecule has 2 aromatic carbocycles. The van der Waals surface area contributed by atoms with Crippen molar-refractivity contribution in [2.45, 2.75) is 6.61 Å². The number of anilines is 1. The molecule has 1 aromatic heterocycles. The zero-order valence-electron chi connectivity index (χ0n) is 13.1. The molecule has 3 rings (SSSR count). The summed E-state index contributed by atoms with van der Waals surface area (Å²) in [6.45, 7) is 0.373. The summed E-state index contributed by atoms with van der Waals surface area (Å²) in [6, 6.07) is 17.9. The van der Waals surface area contributed by atoms with Crippen LogP contribution in [0.2, 0.25) is 10.0 Å². The van der Waals surface area contributed by atoms with E-state index in [2.05, 4.69) is 10.3 Å². The third kappa shape index (κ3) is 4.72. The van der Waals surface area contributed by atoms with Crippen molar-refractivity contribution in [1.29, 1.82) is 0 Å². The van der Waals surface area contributed by atoms with Crippen LogP contribution in [0.25, 0.3) is 0 Å². The molecular formula is C19H14Cl2N2O2. The van der Waals surface area contributed by atoms with E-state index < -0.39 is 0 Å². The smallest absolute Gasteiger partial charge is 0.257 e. The Morgan fingerprint density at radius 1 is 1.00 bits per heavy atom. The van der Waals surface area contributed by atoms with E-state index in [9.17, 15) is 4.79 Å². The van der Waals surface area contributed by atoms with Crippen molar-refractivity contribution in [2.24, 2.45) is 0 Å². The van der Waals surface area contributed by atoms with Gasteiger partial charge >= 0.3 is 0 Å². The zero-order valence-corrected chi connectivity index (χ0v) is 14.6. The van der Waals surface area contributed by atoms with Gasteiger partial charge in [-0.25, -0.2) is 4.98 Å². The van der Waals surface area contributed by atoms with Crippen LogP contribution in [0.5, 0.6) is 5.75 Å². The summed E-state index contributed by atoms with van der Waals surface area (Å²) in [5.74, 6) is 0.444. The van der Waals surface area contributed by atoms with Crippen LogP contribution >= 0.6 is 23.2 Å². The lowest BCUT2D eigenvalue weighted by atomic mass is 10.2. The first-order valence-electron chi connectivity index (χ1n) is 7.51. The normalized spacial score (nSPS) is 10.3. The van der Waals surface area contributed by atoms with Crippen molar-refractivity contribution in [2.75, 3.05) is 5.32 Å². The fourth-order valence-corrected chi connectivity index (χ4v) is 2.73. The Morgan fingerprint density at radius 3 is 2.44 bits per heavy atom.